The summed E-state index contributed by atoms with van der Waals surface area (Å²) in [5.41, 5.74) is 1.30. The number of carbonyl (C=O) groups excluding carboxylic acids is 1. The van der Waals surface area contributed by atoms with Crippen molar-refractivity contribution in [1.29, 1.82) is 0 Å². The Morgan fingerprint density at radius 3 is 2.45 bits per heavy atom. The average Bonchev–Trinajstić information content (AvgIpc) is 3.05. The molecule has 0 aromatic heterocycles. The summed E-state index contributed by atoms with van der Waals surface area (Å²) in [4.78, 5) is 19.1. The summed E-state index contributed by atoms with van der Waals surface area (Å²) in [6.07, 6.45) is 7.13. The molecule has 4 rings (SSSR count). The third kappa shape index (κ3) is 4.84. The molecule has 3 aliphatic rings. The number of nitrogens with one attached hydrogen (secondary N) is 1. The Balaban J connectivity index is 1.55. The number of hydrogen-bond donors (Lipinski definition) is 3. The van der Waals surface area contributed by atoms with Crippen LogP contribution in [0, 0.1) is 5.92 Å². The molecule has 184 valence electrons. The van der Waals surface area contributed by atoms with Crippen molar-refractivity contribution in [2.45, 2.75) is 69.3 Å². The van der Waals surface area contributed by atoms with Gasteiger partial charge in [-0.25, -0.2) is 0 Å². The summed E-state index contributed by atoms with van der Waals surface area (Å²) in [6, 6.07) is 10.9. The Morgan fingerprint density at radius 1 is 1.18 bits per heavy atom. The van der Waals surface area contributed by atoms with E-state index in [1.807, 2.05) is 4.90 Å². The van der Waals surface area contributed by atoms with Crippen molar-refractivity contribution in [3.8, 4) is 0 Å². The summed E-state index contributed by atoms with van der Waals surface area (Å²) in [5, 5.41) is 23.1. The SMILES string of the molecule is CCN(C)C1(c2ccccc2)CCC2(CC1)CN(CC(=O)NCCO)C(O)N2CC1CCC1. The van der Waals surface area contributed by atoms with E-state index in [4.69, 9.17) is 5.11 Å². The Kier molecular flexibility index (Phi) is 7.76. The lowest BCUT2D eigenvalue weighted by Gasteiger charge is -2.53. The molecule has 1 spiro atoms. The van der Waals surface area contributed by atoms with Crippen LogP contribution in [0.15, 0.2) is 30.3 Å². The van der Waals surface area contributed by atoms with Gasteiger partial charge >= 0.3 is 0 Å². The first-order valence-electron chi connectivity index (χ1n) is 12.8. The molecule has 7 heteroatoms. The number of nitrogens with zero attached hydrogens (tertiary/aromatic N) is 3. The van der Waals surface area contributed by atoms with Crippen LogP contribution in [-0.4, -0.2) is 89.1 Å². The molecule has 1 unspecified atom stereocenters. The van der Waals surface area contributed by atoms with E-state index in [1.165, 1.54) is 24.8 Å². The van der Waals surface area contributed by atoms with Gasteiger partial charge in [0.05, 0.1) is 13.2 Å². The molecule has 33 heavy (non-hydrogen) atoms. The van der Waals surface area contributed by atoms with Crippen molar-refractivity contribution >= 4 is 5.91 Å². The van der Waals surface area contributed by atoms with Gasteiger partial charge in [0.1, 0.15) is 0 Å². The van der Waals surface area contributed by atoms with Crippen LogP contribution in [0.5, 0.6) is 0 Å². The molecular formula is C26H42N4O3. The second-order valence-corrected chi connectivity index (χ2v) is 10.4. The number of benzene rings is 1. The molecular weight excluding hydrogens is 416 g/mol. The third-order valence-corrected chi connectivity index (χ3v) is 8.70. The summed E-state index contributed by atoms with van der Waals surface area (Å²) >= 11 is 0. The minimum Gasteiger partial charge on any atom is -0.395 e. The van der Waals surface area contributed by atoms with Crippen LogP contribution >= 0.6 is 0 Å². The third-order valence-electron chi connectivity index (χ3n) is 8.70. The van der Waals surface area contributed by atoms with E-state index in [9.17, 15) is 9.90 Å². The van der Waals surface area contributed by atoms with E-state index in [0.29, 0.717) is 12.5 Å². The highest BCUT2D eigenvalue weighted by molar-refractivity contribution is 5.78. The first-order valence-corrected chi connectivity index (χ1v) is 12.8. The summed E-state index contributed by atoms with van der Waals surface area (Å²) in [6.45, 7) is 5.20. The molecule has 1 aliphatic heterocycles. The van der Waals surface area contributed by atoms with Gasteiger partial charge in [-0.2, -0.15) is 0 Å². The van der Waals surface area contributed by atoms with Crippen molar-refractivity contribution in [2.75, 3.05) is 46.4 Å². The fourth-order valence-corrected chi connectivity index (χ4v) is 6.32. The van der Waals surface area contributed by atoms with E-state index in [0.717, 1.165) is 38.8 Å². The molecule has 0 radical (unpaired) electrons. The van der Waals surface area contributed by atoms with Crippen molar-refractivity contribution in [3.05, 3.63) is 35.9 Å². The lowest BCUT2D eigenvalue weighted by Crippen LogP contribution is -2.57. The van der Waals surface area contributed by atoms with Crippen molar-refractivity contribution < 1.29 is 15.0 Å². The fourth-order valence-electron chi connectivity index (χ4n) is 6.32. The number of aliphatic hydroxyl groups is 2. The zero-order valence-corrected chi connectivity index (χ0v) is 20.4. The van der Waals surface area contributed by atoms with Crippen LogP contribution in [-0.2, 0) is 10.3 Å². The first kappa shape index (κ1) is 24.6. The zero-order valence-electron chi connectivity index (χ0n) is 20.4. The number of carbonyl (C=O) groups is 1. The van der Waals surface area contributed by atoms with E-state index in [1.54, 1.807) is 0 Å². The number of amides is 1. The van der Waals surface area contributed by atoms with Gasteiger partial charge in [0.25, 0.3) is 0 Å². The molecule has 3 N–H and O–H groups in total. The van der Waals surface area contributed by atoms with Crippen molar-refractivity contribution in [1.82, 2.24) is 20.0 Å². The maximum absolute atomic E-state index is 12.4. The number of hydrogen-bond acceptors (Lipinski definition) is 6. The largest absolute Gasteiger partial charge is 0.395 e. The Morgan fingerprint density at radius 2 is 1.88 bits per heavy atom. The molecule has 2 aliphatic carbocycles. The Hall–Kier alpha value is -1.51. The molecule has 1 saturated heterocycles. The highest BCUT2D eigenvalue weighted by Crippen LogP contribution is 2.50. The normalized spacial score (nSPS) is 31.2. The van der Waals surface area contributed by atoms with E-state index >= 15 is 0 Å². The van der Waals surface area contributed by atoms with Crippen LogP contribution in [0.4, 0.5) is 0 Å². The molecule has 1 heterocycles. The molecule has 2 saturated carbocycles. The molecule has 1 aromatic carbocycles. The molecule has 7 nitrogen and oxygen atoms in total. The topological polar surface area (TPSA) is 79.3 Å². The Labute approximate surface area is 198 Å². The maximum Gasteiger partial charge on any atom is 0.234 e. The van der Waals surface area contributed by atoms with Crippen LogP contribution in [0.1, 0.15) is 57.4 Å². The molecule has 1 amide bonds. The lowest BCUT2D eigenvalue weighted by atomic mass is 9.68. The molecule has 3 fully saturated rings. The minimum absolute atomic E-state index is 0.0142. The van der Waals surface area contributed by atoms with Crippen LogP contribution in [0.25, 0.3) is 0 Å². The van der Waals surface area contributed by atoms with Gasteiger partial charge in [-0.3, -0.25) is 19.5 Å². The molecule has 1 aromatic rings. The van der Waals surface area contributed by atoms with Gasteiger partial charge in [0, 0.05) is 30.7 Å². The number of rotatable bonds is 9. The standard InChI is InChI=1S/C26H42N4O3/c1-3-28(2)26(22-10-5-4-6-11-22)14-12-25(13-15-26)20-29(19-23(32)27-16-17-31)24(33)30(25)18-21-8-7-9-21/h4-6,10-11,21,24,31,33H,3,7-9,12-20H2,1-2H3,(H,27,32). The van der Waals surface area contributed by atoms with E-state index in [-0.39, 0.29) is 36.7 Å². The lowest BCUT2D eigenvalue weighted by molar-refractivity contribution is -0.130. The quantitative estimate of drug-likeness (QED) is 0.525. The van der Waals surface area contributed by atoms with Gasteiger partial charge in [0.2, 0.25) is 5.91 Å². The van der Waals surface area contributed by atoms with Gasteiger partial charge in [-0.1, -0.05) is 43.7 Å². The van der Waals surface area contributed by atoms with Crippen molar-refractivity contribution in [2.24, 2.45) is 5.92 Å². The summed E-state index contributed by atoms with van der Waals surface area (Å²) < 4.78 is 0. The van der Waals surface area contributed by atoms with Crippen LogP contribution in [0.3, 0.4) is 0 Å². The highest BCUT2D eigenvalue weighted by atomic mass is 16.3. The van der Waals surface area contributed by atoms with Gasteiger partial charge < -0.3 is 15.5 Å². The summed E-state index contributed by atoms with van der Waals surface area (Å²) in [7, 11) is 2.23. The van der Waals surface area contributed by atoms with E-state index in [2.05, 4.69) is 59.4 Å². The predicted molar refractivity (Wildman–Crippen MR) is 129 cm³/mol. The zero-order chi connectivity index (χ0) is 23.5. The summed E-state index contributed by atoms with van der Waals surface area (Å²) in [5.74, 6) is 0.516. The highest BCUT2D eigenvalue weighted by Gasteiger charge is 2.55. The van der Waals surface area contributed by atoms with E-state index < -0.39 is 6.35 Å². The van der Waals surface area contributed by atoms with Crippen molar-refractivity contribution in [3.63, 3.8) is 0 Å². The van der Waals surface area contributed by atoms with Gasteiger partial charge in [0.15, 0.2) is 6.35 Å². The monoisotopic (exact) mass is 458 g/mol. The first-order chi connectivity index (χ1) is 15.9. The molecule has 1 atom stereocenters. The Bertz CT molecular complexity index is 777. The van der Waals surface area contributed by atoms with Crippen LogP contribution in [0.2, 0.25) is 0 Å². The maximum atomic E-state index is 12.4. The number of aliphatic hydroxyl groups excluding tert-OH is 2. The fraction of sp³-hybridized carbons (Fsp3) is 0.731. The van der Waals surface area contributed by atoms with Gasteiger partial charge in [-0.05, 0) is 63.6 Å². The van der Waals surface area contributed by atoms with Gasteiger partial charge in [-0.15, -0.1) is 0 Å². The second kappa shape index (κ2) is 10.4. The second-order valence-electron chi connectivity index (χ2n) is 10.4. The van der Waals surface area contributed by atoms with Crippen LogP contribution < -0.4 is 5.32 Å². The minimum atomic E-state index is -0.724. The predicted octanol–water partition coefficient (Wildman–Crippen LogP) is 1.95. The average molecular weight is 459 g/mol. The molecule has 0 bridgehead atoms. The smallest absolute Gasteiger partial charge is 0.234 e.